The molecule has 1 aliphatic heterocycles. The summed E-state index contributed by atoms with van der Waals surface area (Å²) in [4.78, 5) is 23.5. The van der Waals surface area contributed by atoms with E-state index in [9.17, 15) is 4.79 Å². The lowest BCUT2D eigenvalue weighted by Crippen LogP contribution is -3.14. The van der Waals surface area contributed by atoms with Crippen LogP contribution in [0.25, 0.3) is 10.2 Å². The summed E-state index contributed by atoms with van der Waals surface area (Å²) in [6.07, 6.45) is 0. The van der Waals surface area contributed by atoms with Gasteiger partial charge in [0.25, 0.3) is 5.91 Å². The van der Waals surface area contributed by atoms with Gasteiger partial charge in [-0.1, -0.05) is 23.5 Å². The molecule has 1 amide bonds. The lowest BCUT2D eigenvalue weighted by Gasteiger charge is -2.27. The summed E-state index contributed by atoms with van der Waals surface area (Å²) in [5, 5.41) is 0.764. The minimum Gasteiger partial charge on any atom is -0.378 e. The third-order valence-corrected chi connectivity index (χ3v) is 6.34. The van der Waals surface area contributed by atoms with E-state index in [1.807, 2.05) is 66.4 Å². The van der Waals surface area contributed by atoms with Crippen LogP contribution in [-0.2, 0) is 4.74 Å². The summed E-state index contributed by atoms with van der Waals surface area (Å²) in [5.74, 6) is 0.00187. The predicted molar refractivity (Wildman–Crippen MR) is 118 cm³/mol. The molecule has 1 fully saturated rings. The third kappa shape index (κ3) is 4.58. The number of rotatable bonds is 6. The lowest BCUT2D eigenvalue weighted by atomic mass is 10.1. The molecule has 0 aliphatic carbocycles. The number of morpholine rings is 1. The van der Waals surface area contributed by atoms with Gasteiger partial charge in [-0.05, 0) is 36.4 Å². The quantitative estimate of drug-likeness (QED) is 0.673. The van der Waals surface area contributed by atoms with Gasteiger partial charge >= 0.3 is 0 Å². The Hall–Kier alpha value is -2.48. The first-order valence-corrected chi connectivity index (χ1v) is 10.8. The highest BCUT2D eigenvalue weighted by atomic mass is 32.1. The highest BCUT2D eigenvalue weighted by Crippen LogP contribution is 2.29. The highest BCUT2D eigenvalue weighted by Gasteiger charge is 2.24. The average Bonchev–Trinajstić information content (AvgIpc) is 3.18. The van der Waals surface area contributed by atoms with Crippen LogP contribution in [-0.4, -0.2) is 64.4 Å². The number of hydrogen-bond donors (Lipinski definition) is 1. The second kappa shape index (κ2) is 8.90. The molecule has 0 radical (unpaired) electrons. The molecule has 152 valence electrons. The number of para-hydroxylation sites is 1. The Labute approximate surface area is 175 Å². The van der Waals surface area contributed by atoms with Crippen molar-refractivity contribution in [3.63, 3.8) is 0 Å². The van der Waals surface area contributed by atoms with Crippen molar-refractivity contribution in [1.82, 2.24) is 4.98 Å². The van der Waals surface area contributed by atoms with Crippen molar-refractivity contribution in [2.75, 3.05) is 63.3 Å². The first-order valence-electron chi connectivity index (χ1n) is 9.98. The lowest BCUT2D eigenvalue weighted by molar-refractivity contribution is -0.906. The van der Waals surface area contributed by atoms with E-state index in [2.05, 4.69) is 6.07 Å². The van der Waals surface area contributed by atoms with Crippen LogP contribution < -0.4 is 14.7 Å². The molecule has 0 saturated carbocycles. The Morgan fingerprint density at radius 3 is 2.52 bits per heavy atom. The summed E-state index contributed by atoms with van der Waals surface area (Å²) in [6.45, 7) is 5.08. The fraction of sp³-hybridized carbons (Fsp3) is 0.364. The third-order valence-electron chi connectivity index (χ3n) is 5.28. The molecule has 2 aromatic carbocycles. The van der Waals surface area contributed by atoms with Crippen LogP contribution in [0, 0.1) is 0 Å². The van der Waals surface area contributed by atoms with Crippen molar-refractivity contribution in [2.45, 2.75) is 0 Å². The van der Waals surface area contributed by atoms with Crippen molar-refractivity contribution < 1.29 is 14.4 Å². The molecule has 0 spiro atoms. The molecule has 1 aromatic heterocycles. The molecule has 0 bridgehead atoms. The van der Waals surface area contributed by atoms with E-state index in [-0.39, 0.29) is 5.91 Å². The van der Waals surface area contributed by atoms with Crippen molar-refractivity contribution >= 4 is 38.3 Å². The number of carbonyl (C=O) groups excluding carboxylic acids is 1. The number of thiazole rings is 1. The Balaban J connectivity index is 1.60. The smallest absolute Gasteiger partial charge is 0.260 e. The Morgan fingerprint density at radius 2 is 1.83 bits per heavy atom. The molecule has 0 unspecified atom stereocenters. The standard InChI is InChI=1S/C22H26N4O2S/c1-24(2)18-9-7-17(8-10-18)21(27)26(12-11-25-13-15-28-16-14-25)22-23-19-5-3-4-6-20(19)29-22/h3-10H,11-16H2,1-2H3/p+1. The highest BCUT2D eigenvalue weighted by molar-refractivity contribution is 7.22. The number of amides is 1. The van der Waals surface area contributed by atoms with Gasteiger partial charge in [-0.15, -0.1) is 0 Å². The minimum absolute atomic E-state index is 0.00187. The zero-order valence-electron chi connectivity index (χ0n) is 16.9. The van der Waals surface area contributed by atoms with Crippen LogP contribution in [0.1, 0.15) is 10.4 Å². The Morgan fingerprint density at radius 1 is 1.10 bits per heavy atom. The van der Waals surface area contributed by atoms with Crippen LogP contribution >= 0.6 is 11.3 Å². The fourth-order valence-electron chi connectivity index (χ4n) is 3.50. The molecule has 29 heavy (non-hydrogen) atoms. The van der Waals surface area contributed by atoms with E-state index in [1.165, 1.54) is 4.90 Å². The van der Waals surface area contributed by atoms with E-state index in [0.29, 0.717) is 12.1 Å². The second-order valence-electron chi connectivity index (χ2n) is 7.47. The zero-order valence-corrected chi connectivity index (χ0v) is 17.7. The molecule has 4 rings (SSSR count). The number of quaternary nitrogens is 1. The van der Waals surface area contributed by atoms with Gasteiger partial charge in [-0.3, -0.25) is 9.69 Å². The Kier molecular flexibility index (Phi) is 6.08. The molecule has 6 nitrogen and oxygen atoms in total. The number of nitrogens with one attached hydrogen (secondary N) is 1. The molecular formula is C22H27N4O2S+. The molecule has 3 aromatic rings. The van der Waals surface area contributed by atoms with Gasteiger partial charge in [0.1, 0.15) is 13.1 Å². The van der Waals surface area contributed by atoms with Crippen LogP contribution in [0.3, 0.4) is 0 Å². The van der Waals surface area contributed by atoms with Gasteiger partial charge in [0, 0.05) is 25.3 Å². The number of benzene rings is 2. The molecule has 0 atom stereocenters. The normalized spacial score (nSPS) is 14.8. The van der Waals surface area contributed by atoms with Gasteiger partial charge in [0.15, 0.2) is 5.13 Å². The number of aromatic nitrogens is 1. The summed E-state index contributed by atoms with van der Waals surface area (Å²) in [7, 11) is 3.99. The number of carbonyl (C=O) groups is 1. The second-order valence-corrected chi connectivity index (χ2v) is 8.48. The summed E-state index contributed by atoms with van der Waals surface area (Å²) in [5.41, 5.74) is 2.70. The molecular weight excluding hydrogens is 384 g/mol. The predicted octanol–water partition coefficient (Wildman–Crippen LogP) is 1.92. The van der Waals surface area contributed by atoms with E-state index in [1.54, 1.807) is 11.3 Å². The van der Waals surface area contributed by atoms with Crippen molar-refractivity contribution in [2.24, 2.45) is 0 Å². The van der Waals surface area contributed by atoms with E-state index >= 15 is 0 Å². The molecule has 1 saturated heterocycles. The number of nitrogens with zero attached hydrogens (tertiary/aromatic N) is 3. The molecule has 2 heterocycles. The SMILES string of the molecule is CN(C)c1ccc(C(=O)N(CC[NH+]2CCOCC2)c2nc3ccccc3s2)cc1. The van der Waals surface area contributed by atoms with Crippen LogP contribution in [0.2, 0.25) is 0 Å². The Bertz CT molecular complexity index is 931. The summed E-state index contributed by atoms with van der Waals surface area (Å²) in [6, 6.07) is 15.8. The van der Waals surface area contributed by atoms with E-state index in [4.69, 9.17) is 9.72 Å². The van der Waals surface area contributed by atoms with Gasteiger partial charge in [0.2, 0.25) is 0 Å². The van der Waals surface area contributed by atoms with Gasteiger partial charge in [-0.25, -0.2) is 4.98 Å². The topological polar surface area (TPSA) is 50.1 Å². The average molecular weight is 412 g/mol. The number of anilines is 2. The molecule has 7 heteroatoms. The summed E-state index contributed by atoms with van der Waals surface area (Å²) < 4.78 is 6.56. The minimum atomic E-state index is 0.00187. The maximum absolute atomic E-state index is 13.4. The van der Waals surface area contributed by atoms with Gasteiger partial charge in [0.05, 0.1) is 36.5 Å². The monoisotopic (exact) mass is 411 g/mol. The number of hydrogen-bond acceptors (Lipinski definition) is 5. The zero-order chi connectivity index (χ0) is 20.2. The van der Waals surface area contributed by atoms with E-state index in [0.717, 1.165) is 53.9 Å². The maximum Gasteiger partial charge on any atom is 0.260 e. The van der Waals surface area contributed by atoms with Crippen LogP contribution in [0.4, 0.5) is 10.8 Å². The summed E-state index contributed by atoms with van der Waals surface area (Å²) >= 11 is 1.57. The molecule has 1 N–H and O–H groups in total. The van der Waals surface area contributed by atoms with Crippen molar-refractivity contribution in [3.8, 4) is 0 Å². The first-order chi connectivity index (χ1) is 14.1. The van der Waals surface area contributed by atoms with Crippen LogP contribution in [0.15, 0.2) is 48.5 Å². The van der Waals surface area contributed by atoms with Gasteiger partial charge < -0.3 is 14.5 Å². The van der Waals surface area contributed by atoms with Crippen molar-refractivity contribution in [1.29, 1.82) is 0 Å². The van der Waals surface area contributed by atoms with Crippen LogP contribution in [0.5, 0.6) is 0 Å². The number of fused-ring (bicyclic) bond motifs is 1. The fourth-order valence-corrected chi connectivity index (χ4v) is 4.49. The first kappa shape index (κ1) is 19.8. The largest absolute Gasteiger partial charge is 0.378 e. The number of ether oxygens (including phenoxy) is 1. The van der Waals surface area contributed by atoms with Gasteiger partial charge in [-0.2, -0.15) is 0 Å². The maximum atomic E-state index is 13.4. The molecule has 1 aliphatic rings. The van der Waals surface area contributed by atoms with Crippen molar-refractivity contribution in [3.05, 3.63) is 54.1 Å². The van der Waals surface area contributed by atoms with E-state index < -0.39 is 0 Å².